The standard InChI is InChI=1S/C19H21BrN2O2/c1-14(2)11-12-24-16-9-7-15(8-10-16)13-21-22-19(23)17-5-3-4-6-18(17)20/h3-10,13-14H,11-12H2,1-2H3,(H,22,23)/b21-13-. The molecule has 0 aliphatic heterocycles. The van der Waals surface area contributed by atoms with Gasteiger partial charge in [-0.1, -0.05) is 26.0 Å². The largest absolute Gasteiger partial charge is 0.494 e. The average Bonchev–Trinajstić information content (AvgIpc) is 2.56. The molecule has 0 saturated carbocycles. The molecule has 0 aliphatic carbocycles. The van der Waals surface area contributed by atoms with E-state index in [2.05, 4.69) is 40.3 Å². The Morgan fingerprint density at radius 1 is 1.21 bits per heavy atom. The number of nitrogens with zero attached hydrogens (tertiary/aromatic N) is 1. The van der Waals surface area contributed by atoms with Gasteiger partial charge < -0.3 is 4.74 Å². The highest BCUT2D eigenvalue weighted by molar-refractivity contribution is 9.10. The SMILES string of the molecule is CC(C)CCOc1ccc(/C=N\NC(=O)c2ccccc2Br)cc1. The van der Waals surface area contributed by atoms with Crippen molar-refractivity contribution in [3.05, 3.63) is 64.1 Å². The lowest BCUT2D eigenvalue weighted by Crippen LogP contribution is -2.18. The van der Waals surface area contributed by atoms with Crippen molar-refractivity contribution in [2.45, 2.75) is 20.3 Å². The van der Waals surface area contributed by atoms with Crippen LogP contribution >= 0.6 is 15.9 Å². The van der Waals surface area contributed by atoms with Crippen LogP contribution in [0.3, 0.4) is 0 Å². The minimum absolute atomic E-state index is 0.257. The van der Waals surface area contributed by atoms with Crippen LogP contribution in [-0.2, 0) is 0 Å². The van der Waals surface area contributed by atoms with E-state index < -0.39 is 0 Å². The minimum atomic E-state index is -0.257. The third-order valence-electron chi connectivity index (χ3n) is 3.34. The second-order valence-corrected chi connectivity index (χ2v) is 6.63. The van der Waals surface area contributed by atoms with Crippen molar-refractivity contribution in [1.82, 2.24) is 5.43 Å². The van der Waals surface area contributed by atoms with Gasteiger partial charge in [-0.2, -0.15) is 5.10 Å². The van der Waals surface area contributed by atoms with E-state index >= 15 is 0 Å². The van der Waals surface area contributed by atoms with E-state index in [1.54, 1.807) is 18.3 Å². The van der Waals surface area contributed by atoms with Crippen LogP contribution < -0.4 is 10.2 Å². The Morgan fingerprint density at radius 2 is 1.92 bits per heavy atom. The lowest BCUT2D eigenvalue weighted by atomic mass is 10.1. The molecule has 0 heterocycles. The fourth-order valence-corrected chi connectivity index (χ4v) is 2.40. The third kappa shape index (κ3) is 5.81. The molecule has 0 atom stereocenters. The maximum Gasteiger partial charge on any atom is 0.272 e. The van der Waals surface area contributed by atoms with Gasteiger partial charge >= 0.3 is 0 Å². The highest BCUT2D eigenvalue weighted by Gasteiger charge is 2.07. The lowest BCUT2D eigenvalue weighted by Gasteiger charge is -2.08. The summed E-state index contributed by atoms with van der Waals surface area (Å²) in [5.74, 6) is 1.21. The van der Waals surface area contributed by atoms with Gasteiger partial charge in [0.25, 0.3) is 5.91 Å². The Hall–Kier alpha value is -2.14. The first-order valence-electron chi connectivity index (χ1n) is 7.87. The summed E-state index contributed by atoms with van der Waals surface area (Å²) in [6.07, 6.45) is 2.64. The van der Waals surface area contributed by atoms with Crippen molar-refractivity contribution in [3.63, 3.8) is 0 Å². The number of nitrogens with one attached hydrogen (secondary N) is 1. The number of benzene rings is 2. The van der Waals surface area contributed by atoms with Crippen LogP contribution in [0.15, 0.2) is 58.1 Å². The fourth-order valence-electron chi connectivity index (χ4n) is 1.93. The van der Waals surface area contributed by atoms with Crippen LogP contribution in [0.1, 0.15) is 36.2 Å². The third-order valence-corrected chi connectivity index (χ3v) is 4.03. The van der Waals surface area contributed by atoms with Crippen LogP contribution in [0, 0.1) is 5.92 Å². The average molecular weight is 389 g/mol. The normalized spacial score (nSPS) is 11.0. The molecule has 1 N–H and O–H groups in total. The van der Waals surface area contributed by atoms with Gasteiger partial charge in [-0.25, -0.2) is 5.43 Å². The van der Waals surface area contributed by atoms with E-state index in [1.807, 2.05) is 36.4 Å². The van der Waals surface area contributed by atoms with E-state index in [0.29, 0.717) is 18.1 Å². The Labute approximate surface area is 151 Å². The molecule has 2 aromatic carbocycles. The van der Waals surface area contributed by atoms with E-state index in [4.69, 9.17) is 4.74 Å². The summed E-state index contributed by atoms with van der Waals surface area (Å²) in [5.41, 5.74) is 3.95. The van der Waals surface area contributed by atoms with E-state index in [1.165, 1.54) is 0 Å². The molecule has 0 aromatic heterocycles. The molecule has 2 aromatic rings. The zero-order valence-electron chi connectivity index (χ0n) is 13.8. The molecule has 0 spiro atoms. The van der Waals surface area contributed by atoms with E-state index in [0.717, 1.165) is 22.2 Å². The summed E-state index contributed by atoms with van der Waals surface area (Å²) in [4.78, 5) is 12.0. The molecular formula is C19H21BrN2O2. The summed E-state index contributed by atoms with van der Waals surface area (Å²) >= 11 is 3.34. The first kappa shape index (κ1) is 18.2. The van der Waals surface area contributed by atoms with Crippen molar-refractivity contribution in [2.75, 3.05) is 6.61 Å². The summed E-state index contributed by atoms with van der Waals surface area (Å²) in [6.45, 7) is 5.06. The summed E-state index contributed by atoms with van der Waals surface area (Å²) in [5, 5.41) is 3.99. The molecule has 0 unspecified atom stereocenters. The van der Waals surface area contributed by atoms with Crippen LogP contribution in [0.5, 0.6) is 5.75 Å². The zero-order chi connectivity index (χ0) is 17.4. The predicted molar refractivity (Wildman–Crippen MR) is 101 cm³/mol. The minimum Gasteiger partial charge on any atom is -0.494 e. The number of ether oxygens (including phenoxy) is 1. The number of hydrogen-bond acceptors (Lipinski definition) is 3. The monoisotopic (exact) mass is 388 g/mol. The second kappa shape index (κ2) is 9.23. The van der Waals surface area contributed by atoms with Gasteiger partial charge in [0.2, 0.25) is 0 Å². The van der Waals surface area contributed by atoms with Crippen molar-refractivity contribution >= 4 is 28.1 Å². The topological polar surface area (TPSA) is 50.7 Å². The number of amides is 1. The van der Waals surface area contributed by atoms with E-state index in [-0.39, 0.29) is 5.91 Å². The van der Waals surface area contributed by atoms with Gasteiger partial charge in [-0.3, -0.25) is 4.79 Å². The number of rotatable bonds is 7. The summed E-state index contributed by atoms with van der Waals surface area (Å²) < 4.78 is 6.40. The Morgan fingerprint density at radius 3 is 2.58 bits per heavy atom. The number of carbonyl (C=O) groups is 1. The Bertz CT molecular complexity index is 697. The predicted octanol–water partition coefficient (Wildman–Crippen LogP) is 4.64. The van der Waals surface area contributed by atoms with Gasteiger partial charge in [-0.05, 0) is 70.2 Å². The van der Waals surface area contributed by atoms with Crippen LogP contribution in [0.2, 0.25) is 0 Å². The number of hydrogen-bond donors (Lipinski definition) is 1. The quantitative estimate of drug-likeness (QED) is 0.554. The van der Waals surface area contributed by atoms with Crippen molar-refractivity contribution in [3.8, 4) is 5.75 Å². The zero-order valence-corrected chi connectivity index (χ0v) is 15.4. The molecular weight excluding hydrogens is 368 g/mol. The first-order valence-corrected chi connectivity index (χ1v) is 8.66. The molecule has 126 valence electrons. The molecule has 0 bridgehead atoms. The smallest absolute Gasteiger partial charge is 0.272 e. The Kier molecular flexibility index (Phi) is 7.00. The molecule has 0 fully saturated rings. The highest BCUT2D eigenvalue weighted by atomic mass is 79.9. The fraction of sp³-hybridized carbons (Fsp3) is 0.263. The molecule has 2 rings (SSSR count). The Balaban J connectivity index is 1.86. The van der Waals surface area contributed by atoms with Crippen molar-refractivity contribution in [2.24, 2.45) is 11.0 Å². The first-order chi connectivity index (χ1) is 11.6. The van der Waals surface area contributed by atoms with Gasteiger partial charge in [0.1, 0.15) is 5.75 Å². The molecule has 24 heavy (non-hydrogen) atoms. The molecule has 1 amide bonds. The van der Waals surface area contributed by atoms with Crippen LogP contribution in [0.25, 0.3) is 0 Å². The van der Waals surface area contributed by atoms with Crippen molar-refractivity contribution in [1.29, 1.82) is 0 Å². The molecule has 0 saturated heterocycles. The van der Waals surface area contributed by atoms with Crippen molar-refractivity contribution < 1.29 is 9.53 Å². The van der Waals surface area contributed by atoms with Gasteiger partial charge in [0.05, 0.1) is 18.4 Å². The van der Waals surface area contributed by atoms with Gasteiger partial charge in [0.15, 0.2) is 0 Å². The second-order valence-electron chi connectivity index (χ2n) is 5.78. The summed E-state index contributed by atoms with van der Waals surface area (Å²) in [6, 6.07) is 14.8. The molecule has 5 heteroatoms. The number of carbonyl (C=O) groups excluding carboxylic acids is 1. The highest BCUT2D eigenvalue weighted by Crippen LogP contribution is 2.15. The van der Waals surface area contributed by atoms with Gasteiger partial charge in [-0.15, -0.1) is 0 Å². The summed E-state index contributed by atoms with van der Waals surface area (Å²) in [7, 11) is 0. The maximum atomic E-state index is 12.0. The number of hydrazone groups is 1. The molecule has 0 aliphatic rings. The van der Waals surface area contributed by atoms with Crippen LogP contribution in [0.4, 0.5) is 0 Å². The number of halogens is 1. The maximum absolute atomic E-state index is 12.0. The van der Waals surface area contributed by atoms with E-state index in [9.17, 15) is 4.79 Å². The lowest BCUT2D eigenvalue weighted by molar-refractivity contribution is 0.0954. The van der Waals surface area contributed by atoms with Crippen LogP contribution in [-0.4, -0.2) is 18.7 Å². The van der Waals surface area contributed by atoms with Gasteiger partial charge in [0, 0.05) is 4.47 Å². The molecule has 4 nitrogen and oxygen atoms in total. The molecule has 0 radical (unpaired) electrons.